The lowest BCUT2D eigenvalue weighted by Crippen LogP contribution is -2.21. The van der Waals surface area contributed by atoms with Gasteiger partial charge in [-0.05, 0) is 12.8 Å². The summed E-state index contributed by atoms with van der Waals surface area (Å²) in [5, 5.41) is 0. The maximum atomic E-state index is 11.7. The van der Waals surface area contributed by atoms with E-state index in [9.17, 15) is 4.79 Å². The Morgan fingerprint density at radius 2 is 2.21 bits per heavy atom. The van der Waals surface area contributed by atoms with Gasteiger partial charge >= 0.3 is 0 Å². The molecule has 1 saturated carbocycles. The first-order valence-corrected chi connectivity index (χ1v) is 6.20. The average Bonchev–Trinajstić information content (AvgIpc) is 2.48. The maximum absolute atomic E-state index is 11.7. The predicted molar refractivity (Wildman–Crippen MR) is 56.4 cm³/mol. The number of nitrogens with one attached hydrogen (secondary N) is 1. The minimum atomic E-state index is 0.0990. The summed E-state index contributed by atoms with van der Waals surface area (Å²) < 4.78 is 0. The van der Waals surface area contributed by atoms with E-state index in [0.717, 1.165) is 28.6 Å². The number of thioether (sulfide) groups is 1. The quantitative estimate of drug-likeness (QED) is 0.765. The number of aromatic nitrogens is 2. The highest BCUT2D eigenvalue weighted by atomic mass is 32.2. The highest BCUT2D eigenvalue weighted by Gasteiger charge is 2.25. The van der Waals surface area contributed by atoms with Gasteiger partial charge in [-0.1, -0.05) is 6.42 Å². The second kappa shape index (κ2) is 3.12. The largest absolute Gasteiger partial charge is 0.310 e. The molecule has 0 aromatic carbocycles. The van der Waals surface area contributed by atoms with Crippen LogP contribution in [0.5, 0.6) is 0 Å². The molecule has 2 heterocycles. The lowest BCUT2D eigenvalue weighted by Gasteiger charge is -2.24. The van der Waals surface area contributed by atoms with E-state index in [-0.39, 0.29) is 5.56 Å². The van der Waals surface area contributed by atoms with Crippen LogP contribution in [0.4, 0.5) is 0 Å². The van der Waals surface area contributed by atoms with Gasteiger partial charge in [-0.15, -0.1) is 0 Å². The summed E-state index contributed by atoms with van der Waals surface area (Å²) in [6.45, 7) is 0. The molecule has 0 saturated heterocycles. The Bertz CT molecular complexity index is 423. The third kappa shape index (κ3) is 1.21. The maximum Gasteiger partial charge on any atom is 0.255 e. The molecule has 0 spiro atoms. The highest BCUT2D eigenvalue weighted by molar-refractivity contribution is 7.98. The minimum Gasteiger partial charge on any atom is -0.310 e. The predicted octanol–water partition coefficient (Wildman–Crippen LogP) is 1.78. The first-order valence-electron chi connectivity index (χ1n) is 5.04. The van der Waals surface area contributed by atoms with E-state index in [0.29, 0.717) is 5.92 Å². The molecule has 0 unspecified atom stereocenters. The average molecular weight is 208 g/mol. The number of aromatic amines is 1. The lowest BCUT2D eigenvalue weighted by molar-refractivity contribution is 0.399. The normalized spacial score (nSPS) is 20.6. The summed E-state index contributed by atoms with van der Waals surface area (Å²) in [5.74, 6) is 3.21. The molecule has 0 bridgehead atoms. The Kier molecular flexibility index (Phi) is 1.90. The van der Waals surface area contributed by atoms with Crippen molar-refractivity contribution >= 4 is 11.8 Å². The SMILES string of the molecule is O=c1[nH]c(C2CCC2)nc2c1CSC2. The second-order valence-corrected chi connectivity index (χ2v) is 4.98. The smallest absolute Gasteiger partial charge is 0.255 e. The van der Waals surface area contributed by atoms with Crippen LogP contribution in [0.15, 0.2) is 4.79 Å². The summed E-state index contributed by atoms with van der Waals surface area (Å²) in [7, 11) is 0. The van der Waals surface area contributed by atoms with Crippen LogP contribution in [0, 0.1) is 0 Å². The van der Waals surface area contributed by atoms with E-state index in [4.69, 9.17) is 0 Å². The van der Waals surface area contributed by atoms with Crippen LogP contribution in [0.25, 0.3) is 0 Å². The molecule has 0 atom stereocenters. The van der Waals surface area contributed by atoms with Crippen LogP contribution in [0.1, 0.15) is 42.3 Å². The standard InChI is InChI=1S/C10H12N2OS/c13-10-7-4-14-5-8(7)11-9(12-10)6-2-1-3-6/h6H,1-5H2,(H,11,12,13). The zero-order valence-corrected chi connectivity index (χ0v) is 8.69. The van der Waals surface area contributed by atoms with Crippen molar-refractivity contribution in [3.05, 3.63) is 27.4 Å². The molecular weight excluding hydrogens is 196 g/mol. The van der Waals surface area contributed by atoms with Crippen LogP contribution in [-0.2, 0) is 11.5 Å². The molecule has 1 N–H and O–H groups in total. The van der Waals surface area contributed by atoms with Gasteiger partial charge in [-0.2, -0.15) is 11.8 Å². The third-order valence-corrected chi connectivity index (χ3v) is 4.07. The Labute approximate surface area is 86.3 Å². The summed E-state index contributed by atoms with van der Waals surface area (Å²) in [6, 6.07) is 0. The first kappa shape index (κ1) is 8.53. The van der Waals surface area contributed by atoms with Gasteiger partial charge in [0.05, 0.1) is 5.69 Å². The molecular formula is C10H12N2OS. The molecule has 1 aliphatic heterocycles. The van der Waals surface area contributed by atoms with Gasteiger partial charge in [0.25, 0.3) is 5.56 Å². The number of rotatable bonds is 1. The fourth-order valence-corrected chi connectivity index (χ4v) is 2.99. The van der Waals surface area contributed by atoms with E-state index in [1.807, 2.05) is 0 Å². The van der Waals surface area contributed by atoms with Crippen molar-refractivity contribution in [3.8, 4) is 0 Å². The van der Waals surface area contributed by atoms with Gasteiger partial charge < -0.3 is 4.98 Å². The number of fused-ring (bicyclic) bond motifs is 1. The third-order valence-electron chi connectivity index (χ3n) is 3.10. The molecule has 1 fully saturated rings. The number of hydrogen-bond donors (Lipinski definition) is 1. The van der Waals surface area contributed by atoms with Crippen molar-refractivity contribution in [3.63, 3.8) is 0 Å². The molecule has 0 amide bonds. The molecule has 14 heavy (non-hydrogen) atoms. The van der Waals surface area contributed by atoms with Gasteiger partial charge in [0.2, 0.25) is 0 Å². The van der Waals surface area contributed by atoms with Crippen molar-refractivity contribution in [1.82, 2.24) is 9.97 Å². The highest BCUT2D eigenvalue weighted by Crippen LogP contribution is 2.35. The summed E-state index contributed by atoms with van der Waals surface area (Å²) in [6.07, 6.45) is 3.66. The molecule has 3 rings (SSSR count). The van der Waals surface area contributed by atoms with Crippen molar-refractivity contribution in [2.75, 3.05) is 0 Å². The number of hydrogen-bond acceptors (Lipinski definition) is 3. The van der Waals surface area contributed by atoms with Crippen molar-refractivity contribution in [1.29, 1.82) is 0 Å². The zero-order valence-electron chi connectivity index (χ0n) is 7.88. The fourth-order valence-electron chi connectivity index (χ4n) is 1.96. The number of nitrogens with zero attached hydrogens (tertiary/aromatic N) is 1. The first-order chi connectivity index (χ1) is 6.84. The van der Waals surface area contributed by atoms with Crippen LogP contribution < -0.4 is 5.56 Å². The lowest BCUT2D eigenvalue weighted by atomic mass is 9.85. The van der Waals surface area contributed by atoms with Crippen molar-refractivity contribution < 1.29 is 0 Å². The summed E-state index contributed by atoms with van der Waals surface area (Å²) in [5.41, 5.74) is 2.03. The summed E-state index contributed by atoms with van der Waals surface area (Å²) in [4.78, 5) is 19.2. The van der Waals surface area contributed by atoms with Crippen LogP contribution in [0.2, 0.25) is 0 Å². The van der Waals surface area contributed by atoms with Gasteiger partial charge in [0, 0.05) is 23.0 Å². The van der Waals surface area contributed by atoms with E-state index in [2.05, 4.69) is 9.97 Å². The molecule has 74 valence electrons. The van der Waals surface area contributed by atoms with Gasteiger partial charge in [-0.25, -0.2) is 4.98 Å². The van der Waals surface area contributed by atoms with E-state index in [1.165, 1.54) is 19.3 Å². The Morgan fingerprint density at radius 1 is 1.36 bits per heavy atom. The zero-order chi connectivity index (χ0) is 9.54. The van der Waals surface area contributed by atoms with E-state index in [1.54, 1.807) is 11.8 Å². The monoisotopic (exact) mass is 208 g/mol. The Morgan fingerprint density at radius 3 is 2.93 bits per heavy atom. The molecule has 1 aromatic heterocycles. The van der Waals surface area contributed by atoms with Crippen LogP contribution >= 0.6 is 11.8 Å². The minimum absolute atomic E-state index is 0.0990. The van der Waals surface area contributed by atoms with Gasteiger partial charge in [0.15, 0.2) is 0 Å². The summed E-state index contributed by atoms with van der Waals surface area (Å²) >= 11 is 1.78. The molecule has 0 radical (unpaired) electrons. The Balaban J connectivity index is 2.07. The van der Waals surface area contributed by atoms with Crippen molar-refractivity contribution in [2.24, 2.45) is 0 Å². The number of H-pyrrole nitrogens is 1. The topological polar surface area (TPSA) is 45.8 Å². The van der Waals surface area contributed by atoms with Crippen LogP contribution in [-0.4, -0.2) is 9.97 Å². The molecule has 1 aliphatic carbocycles. The second-order valence-electron chi connectivity index (χ2n) is 4.00. The van der Waals surface area contributed by atoms with Gasteiger partial charge in [-0.3, -0.25) is 4.79 Å². The van der Waals surface area contributed by atoms with Crippen molar-refractivity contribution in [2.45, 2.75) is 36.7 Å². The van der Waals surface area contributed by atoms with E-state index < -0.39 is 0 Å². The van der Waals surface area contributed by atoms with Gasteiger partial charge in [0.1, 0.15) is 5.82 Å². The van der Waals surface area contributed by atoms with E-state index >= 15 is 0 Å². The molecule has 1 aromatic rings. The van der Waals surface area contributed by atoms with Crippen LogP contribution in [0.3, 0.4) is 0 Å². The molecule has 2 aliphatic rings. The molecule has 3 nitrogen and oxygen atoms in total. The molecule has 4 heteroatoms. The fraction of sp³-hybridized carbons (Fsp3) is 0.600. The Hall–Kier alpha value is -0.770.